The van der Waals surface area contributed by atoms with Crippen molar-refractivity contribution in [3.05, 3.63) is 29.5 Å². The maximum absolute atomic E-state index is 12.8. The summed E-state index contributed by atoms with van der Waals surface area (Å²) in [4.78, 5) is 0. The van der Waals surface area contributed by atoms with Gasteiger partial charge >= 0.3 is 6.18 Å². The highest BCUT2D eigenvalue weighted by molar-refractivity contribution is 5.71. The maximum atomic E-state index is 12.8. The van der Waals surface area contributed by atoms with E-state index in [0.717, 1.165) is 6.07 Å². The topological polar surface area (TPSA) is 89.4 Å². The van der Waals surface area contributed by atoms with Crippen molar-refractivity contribution < 1.29 is 28.5 Å². The third-order valence-corrected chi connectivity index (χ3v) is 2.75. The molecule has 0 fully saturated rings. The largest absolute Gasteiger partial charge is 0.508 e. The summed E-state index contributed by atoms with van der Waals surface area (Å²) in [6.45, 7) is -0.492. The van der Waals surface area contributed by atoms with Crippen LogP contribution in [0.2, 0.25) is 0 Å². The molecule has 0 spiro atoms. The first-order valence-corrected chi connectivity index (χ1v) is 5.62. The highest BCUT2D eigenvalue weighted by atomic mass is 19.4. The number of hydrogen-bond acceptors (Lipinski definition) is 4. The van der Waals surface area contributed by atoms with Crippen LogP contribution < -0.4 is 0 Å². The van der Waals surface area contributed by atoms with Gasteiger partial charge < -0.3 is 15.3 Å². The van der Waals surface area contributed by atoms with E-state index in [-0.39, 0.29) is 29.0 Å². The minimum atomic E-state index is -4.64. The Hall–Kier alpha value is -2.22. The standard InChI is InChI=1S/C12H11F3N2O3/c13-12(14,15)11-8(3-4-18)10(16-17-11)7-2-1-6(19)5-9(7)20/h1-2,5,18-20H,3-4H2,(H,16,17). The van der Waals surface area contributed by atoms with Gasteiger partial charge in [0, 0.05) is 23.8 Å². The predicted molar refractivity (Wildman–Crippen MR) is 63.1 cm³/mol. The molecule has 5 nitrogen and oxygen atoms in total. The van der Waals surface area contributed by atoms with Crippen LogP contribution in [-0.4, -0.2) is 32.1 Å². The Morgan fingerprint density at radius 2 is 1.90 bits per heavy atom. The normalized spacial score (nSPS) is 11.8. The number of aromatic nitrogens is 2. The van der Waals surface area contributed by atoms with E-state index in [2.05, 4.69) is 5.10 Å². The van der Waals surface area contributed by atoms with Crippen molar-refractivity contribution in [3.63, 3.8) is 0 Å². The fraction of sp³-hybridized carbons (Fsp3) is 0.250. The molecule has 1 aromatic carbocycles. The molecule has 0 aliphatic rings. The van der Waals surface area contributed by atoms with E-state index in [1.165, 1.54) is 12.1 Å². The molecule has 0 aliphatic carbocycles. The summed E-state index contributed by atoms with van der Waals surface area (Å²) in [7, 11) is 0. The number of rotatable bonds is 3. The minimum absolute atomic E-state index is 0.0398. The van der Waals surface area contributed by atoms with Gasteiger partial charge in [0.25, 0.3) is 0 Å². The van der Waals surface area contributed by atoms with Gasteiger partial charge in [-0.2, -0.15) is 18.3 Å². The number of hydrogen-bond donors (Lipinski definition) is 4. The number of nitrogens with one attached hydrogen (secondary N) is 1. The highest BCUT2D eigenvalue weighted by Crippen LogP contribution is 2.38. The number of aromatic hydroxyl groups is 2. The molecule has 1 aromatic heterocycles. The highest BCUT2D eigenvalue weighted by Gasteiger charge is 2.37. The molecule has 0 saturated heterocycles. The number of aromatic amines is 1. The third kappa shape index (κ3) is 2.55. The molecule has 0 saturated carbocycles. The molecular weight excluding hydrogens is 277 g/mol. The number of H-pyrrole nitrogens is 1. The van der Waals surface area contributed by atoms with E-state index in [1.807, 2.05) is 5.10 Å². The maximum Gasteiger partial charge on any atom is 0.433 e. The van der Waals surface area contributed by atoms with E-state index in [4.69, 9.17) is 5.11 Å². The Kier molecular flexibility index (Phi) is 3.58. The summed E-state index contributed by atoms with van der Waals surface area (Å²) in [5.74, 6) is -0.619. The van der Waals surface area contributed by atoms with Gasteiger partial charge in [0.05, 0.1) is 5.69 Å². The molecule has 1 heterocycles. The number of aliphatic hydroxyl groups is 1. The molecule has 2 rings (SSSR count). The van der Waals surface area contributed by atoms with Crippen molar-refractivity contribution in [1.29, 1.82) is 0 Å². The summed E-state index contributed by atoms with van der Waals surface area (Å²) in [6.07, 6.45) is -4.90. The van der Waals surface area contributed by atoms with Gasteiger partial charge in [0.15, 0.2) is 0 Å². The van der Waals surface area contributed by atoms with Crippen LogP contribution in [0.1, 0.15) is 11.3 Å². The van der Waals surface area contributed by atoms with Gasteiger partial charge in [0.2, 0.25) is 0 Å². The van der Waals surface area contributed by atoms with Crippen LogP contribution in [0.25, 0.3) is 11.3 Å². The Labute approximate surface area is 111 Å². The molecule has 8 heteroatoms. The Balaban J connectivity index is 2.59. The SMILES string of the molecule is OCCc1c(-c2ccc(O)cc2O)n[nH]c1C(F)(F)F. The van der Waals surface area contributed by atoms with Crippen LogP contribution in [0.3, 0.4) is 0 Å². The predicted octanol–water partition coefficient (Wildman–Crippen LogP) is 2.04. The van der Waals surface area contributed by atoms with E-state index in [1.54, 1.807) is 0 Å². The number of alkyl halides is 3. The molecule has 0 radical (unpaired) electrons. The van der Waals surface area contributed by atoms with Crippen molar-refractivity contribution >= 4 is 0 Å². The van der Waals surface area contributed by atoms with Gasteiger partial charge in [-0.05, 0) is 18.6 Å². The van der Waals surface area contributed by atoms with Gasteiger partial charge in [0.1, 0.15) is 17.2 Å². The number of halogens is 3. The average molecular weight is 288 g/mol. The fourth-order valence-corrected chi connectivity index (χ4v) is 1.90. The molecular formula is C12H11F3N2O3. The number of benzene rings is 1. The summed E-state index contributed by atoms with van der Waals surface area (Å²) in [5.41, 5.74) is -1.36. The lowest BCUT2D eigenvalue weighted by Gasteiger charge is -2.08. The number of nitrogens with zero attached hydrogens (tertiary/aromatic N) is 1. The average Bonchev–Trinajstić information content (AvgIpc) is 2.73. The molecule has 4 N–H and O–H groups in total. The second-order valence-corrected chi connectivity index (χ2v) is 4.10. The zero-order valence-electron chi connectivity index (χ0n) is 10.1. The van der Waals surface area contributed by atoms with Crippen molar-refractivity contribution in [1.82, 2.24) is 10.2 Å². The monoisotopic (exact) mass is 288 g/mol. The molecule has 108 valence electrons. The Morgan fingerprint density at radius 3 is 2.45 bits per heavy atom. The van der Waals surface area contributed by atoms with E-state index >= 15 is 0 Å². The van der Waals surface area contributed by atoms with Crippen molar-refractivity contribution in [2.75, 3.05) is 6.61 Å². The molecule has 0 bridgehead atoms. The third-order valence-electron chi connectivity index (χ3n) is 2.75. The minimum Gasteiger partial charge on any atom is -0.508 e. The van der Waals surface area contributed by atoms with E-state index in [0.29, 0.717) is 0 Å². The molecule has 0 unspecified atom stereocenters. The van der Waals surface area contributed by atoms with Crippen LogP contribution in [0.15, 0.2) is 18.2 Å². The fourth-order valence-electron chi connectivity index (χ4n) is 1.90. The lowest BCUT2D eigenvalue weighted by atomic mass is 10.0. The lowest BCUT2D eigenvalue weighted by molar-refractivity contribution is -0.141. The second-order valence-electron chi connectivity index (χ2n) is 4.10. The van der Waals surface area contributed by atoms with Crippen LogP contribution in [0.5, 0.6) is 11.5 Å². The quantitative estimate of drug-likeness (QED) is 0.696. The second kappa shape index (κ2) is 5.04. The molecule has 0 amide bonds. The molecule has 0 aliphatic heterocycles. The lowest BCUT2D eigenvalue weighted by Crippen LogP contribution is -2.10. The van der Waals surface area contributed by atoms with E-state index < -0.39 is 24.2 Å². The first kappa shape index (κ1) is 14.2. The summed E-state index contributed by atoms with van der Waals surface area (Å²) < 4.78 is 38.4. The van der Waals surface area contributed by atoms with E-state index in [9.17, 15) is 23.4 Å². The van der Waals surface area contributed by atoms with Crippen molar-refractivity contribution in [3.8, 4) is 22.8 Å². The van der Waals surface area contributed by atoms with Crippen LogP contribution >= 0.6 is 0 Å². The molecule has 2 aromatic rings. The van der Waals surface area contributed by atoms with Crippen LogP contribution in [0, 0.1) is 0 Å². The van der Waals surface area contributed by atoms with Gasteiger partial charge in [-0.1, -0.05) is 0 Å². The first-order valence-electron chi connectivity index (χ1n) is 5.62. The van der Waals surface area contributed by atoms with Gasteiger partial charge in [-0.3, -0.25) is 5.10 Å². The Morgan fingerprint density at radius 1 is 1.20 bits per heavy atom. The van der Waals surface area contributed by atoms with Gasteiger partial charge in [-0.25, -0.2) is 0 Å². The molecule has 0 atom stereocenters. The van der Waals surface area contributed by atoms with Crippen LogP contribution in [-0.2, 0) is 12.6 Å². The van der Waals surface area contributed by atoms with Crippen molar-refractivity contribution in [2.24, 2.45) is 0 Å². The zero-order valence-corrected chi connectivity index (χ0v) is 10.1. The first-order chi connectivity index (χ1) is 9.34. The molecule has 20 heavy (non-hydrogen) atoms. The van der Waals surface area contributed by atoms with Crippen molar-refractivity contribution in [2.45, 2.75) is 12.6 Å². The number of aliphatic hydroxyl groups excluding tert-OH is 1. The van der Waals surface area contributed by atoms with Crippen LogP contribution in [0.4, 0.5) is 13.2 Å². The zero-order chi connectivity index (χ0) is 14.9. The summed E-state index contributed by atoms with van der Waals surface area (Å²) in [6, 6.07) is 3.47. The Bertz CT molecular complexity index is 623. The number of phenolic OH excluding ortho intramolecular Hbond substituents is 2. The summed E-state index contributed by atoms with van der Waals surface area (Å²) >= 11 is 0. The summed E-state index contributed by atoms with van der Waals surface area (Å²) in [5, 5.41) is 33.2. The van der Waals surface area contributed by atoms with Gasteiger partial charge in [-0.15, -0.1) is 0 Å². The smallest absolute Gasteiger partial charge is 0.433 e. The number of phenols is 2.